The summed E-state index contributed by atoms with van der Waals surface area (Å²) in [4.78, 5) is 30.8. The molecule has 0 spiro atoms. The zero-order valence-electron chi connectivity index (χ0n) is 18.0. The fourth-order valence-corrected chi connectivity index (χ4v) is 3.58. The van der Waals surface area contributed by atoms with Crippen molar-refractivity contribution in [3.05, 3.63) is 66.0 Å². The van der Waals surface area contributed by atoms with Crippen molar-refractivity contribution >= 4 is 11.8 Å². The Bertz CT molecular complexity index is 862. The van der Waals surface area contributed by atoms with Gasteiger partial charge in [-0.25, -0.2) is 4.39 Å². The highest BCUT2D eigenvalue weighted by atomic mass is 19.1. The first-order valence-electron chi connectivity index (χ1n) is 10.7. The first-order valence-corrected chi connectivity index (χ1v) is 10.7. The van der Waals surface area contributed by atoms with Crippen molar-refractivity contribution in [2.75, 3.05) is 52.9 Å². The molecule has 0 N–H and O–H groups in total. The third-order valence-corrected chi connectivity index (χ3v) is 5.38. The van der Waals surface area contributed by atoms with Crippen LogP contribution >= 0.6 is 0 Å². The predicted octanol–water partition coefficient (Wildman–Crippen LogP) is 2.90. The monoisotopic (exact) mass is 427 g/mol. The molecule has 1 aliphatic rings. The lowest BCUT2D eigenvalue weighted by Gasteiger charge is -2.24. The van der Waals surface area contributed by atoms with E-state index in [2.05, 4.69) is 4.90 Å². The number of para-hydroxylation sites is 1. The van der Waals surface area contributed by atoms with E-state index < -0.39 is 5.82 Å². The molecular formula is C24H30FN3O3. The Morgan fingerprint density at radius 1 is 1.03 bits per heavy atom. The number of benzene rings is 2. The number of amides is 2. The van der Waals surface area contributed by atoms with Crippen LogP contribution in [0.1, 0.15) is 23.2 Å². The molecule has 6 nitrogen and oxygen atoms in total. The van der Waals surface area contributed by atoms with Crippen molar-refractivity contribution < 1.29 is 18.7 Å². The van der Waals surface area contributed by atoms with Crippen LogP contribution in [0.2, 0.25) is 0 Å². The number of nitrogens with zero attached hydrogens (tertiary/aromatic N) is 3. The van der Waals surface area contributed by atoms with Crippen molar-refractivity contribution in [2.24, 2.45) is 0 Å². The zero-order chi connectivity index (χ0) is 22.1. The summed E-state index contributed by atoms with van der Waals surface area (Å²) >= 11 is 0. The summed E-state index contributed by atoms with van der Waals surface area (Å²) in [5.41, 5.74) is 0.363. The highest BCUT2D eigenvalue weighted by molar-refractivity contribution is 5.94. The lowest BCUT2D eigenvalue weighted by molar-refractivity contribution is -0.131. The molecule has 3 rings (SSSR count). The average Bonchev–Trinajstić information content (AvgIpc) is 3.02. The van der Waals surface area contributed by atoms with Gasteiger partial charge in [-0.1, -0.05) is 24.3 Å². The molecule has 2 aromatic rings. The Morgan fingerprint density at radius 3 is 2.61 bits per heavy atom. The molecule has 0 bridgehead atoms. The smallest absolute Gasteiger partial charge is 0.254 e. The molecule has 2 aromatic carbocycles. The minimum Gasteiger partial charge on any atom is -0.494 e. The van der Waals surface area contributed by atoms with E-state index in [4.69, 9.17) is 4.74 Å². The SMILES string of the molecule is CN(CCCOc1ccccc1)C(=O)CN1CCCN(C(=O)c2cccc(F)c2)CC1. The van der Waals surface area contributed by atoms with Crippen molar-refractivity contribution in [3.8, 4) is 5.75 Å². The fraction of sp³-hybridized carbons (Fsp3) is 0.417. The fourth-order valence-electron chi connectivity index (χ4n) is 3.58. The van der Waals surface area contributed by atoms with Crippen LogP contribution in [0.15, 0.2) is 54.6 Å². The molecule has 31 heavy (non-hydrogen) atoms. The topological polar surface area (TPSA) is 53.1 Å². The van der Waals surface area contributed by atoms with Gasteiger partial charge in [-0.3, -0.25) is 14.5 Å². The summed E-state index contributed by atoms with van der Waals surface area (Å²) in [6, 6.07) is 15.4. The van der Waals surface area contributed by atoms with E-state index in [1.54, 1.807) is 21.9 Å². The molecule has 7 heteroatoms. The number of hydrogen-bond donors (Lipinski definition) is 0. The molecule has 0 aromatic heterocycles. The van der Waals surface area contributed by atoms with E-state index in [-0.39, 0.29) is 11.8 Å². The molecule has 0 radical (unpaired) electrons. The van der Waals surface area contributed by atoms with E-state index in [1.165, 1.54) is 12.1 Å². The number of rotatable bonds is 8. The Morgan fingerprint density at radius 2 is 1.84 bits per heavy atom. The van der Waals surface area contributed by atoms with Gasteiger partial charge < -0.3 is 14.5 Å². The van der Waals surface area contributed by atoms with Crippen LogP contribution < -0.4 is 4.74 Å². The maximum atomic E-state index is 13.4. The van der Waals surface area contributed by atoms with Crippen molar-refractivity contribution in [3.63, 3.8) is 0 Å². The molecule has 0 saturated carbocycles. The zero-order valence-corrected chi connectivity index (χ0v) is 18.0. The van der Waals surface area contributed by atoms with Gasteiger partial charge in [-0.2, -0.15) is 0 Å². The minimum atomic E-state index is -0.412. The molecule has 0 atom stereocenters. The molecule has 1 saturated heterocycles. The Labute approximate surface area is 183 Å². The first-order chi connectivity index (χ1) is 15.0. The summed E-state index contributed by atoms with van der Waals surface area (Å²) in [5.74, 6) is 0.316. The van der Waals surface area contributed by atoms with Gasteiger partial charge in [-0.15, -0.1) is 0 Å². The molecule has 0 unspecified atom stereocenters. The molecular weight excluding hydrogens is 397 g/mol. The Balaban J connectivity index is 1.39. The lowest BCUT2D eigenvalue weighted by Crippen LogP contribution is -2.41. The maximum Gasteiger partial charge on any atom is 0.254 e. The summed E-state index contributed by atoms with van der Waals surface area (Å²) in [7, 11) is 1.81. The van der Waals surface area contributed by atoms with E-state index in [0.717, 1.165) is 25.1 Å². The van der Waals surface area contributed by atoms with Crippen LogP contribution in [0, 0.1) is 5.82 Å². The van der Waals surface area contributed by atoms with Crippen LogP contribution in [0.5, 0.6) is 5.75 Å². The average molecular weight is 428 g/mol. The van der Waals surface area contributed by atoms with Crippen LogP contribution in [-0.2, 0) is 4.79 Å². The van der Waals surface area contributed by atoms with Gasteiger partial charge in [0.25, 0.3) is 5.91 Å². The number of carbonyl (C=O) groups is 2. The van der Waals surface area contributed by atoms with E-state index in [1.807, 2.05) is 37.4 Å². The Kier molecular flexibility index (Phi) is 8.41. The number of carbonyl (C=O) groups excluding carboxylic acids is 2. The van der Waals surface area contributed by atoms with Gasteiger partial charge in [0.1, 0.15) is 11.6 Å². The number of likely N-dealkylation sites (N-methyl/N-ethyl adjacent to an activating group) is 1. The van der Waals surface area contributed by atoms with Crippen LogP contribution in [0.25, 0.3) is 0 Å². The highest BCUT2D eigenvalue weighted by Crippen LogP contribution is 2.11. The summed E-state index contributed by atoms with van der Waals surface area (Å²) in [5, 5.41) is 0. The standard InChI is InChI=1S/C24H30FN3O3/c1-26(12-7-17-31-22-10-3-2-4-11-22)23(29)19-27-13-6-14-28(16-15-27)24(30)20-8-5-9-21(25)18-20/h2-5,8-11,18H,6-7,12-17,19H2,1H3. The largest absolute Gasteiger partial charge is 0.494 e. The maximum absolute atomic E-state index is 13.4. The second kappa shape index (κ2) is 11.5. The first kappa shape index (κ1) is 22.7. The highest BCUT2D eigenvalue weighted by Gasteiger charge is 2.22. The molecule has 0 aliphatic carbocycles. The van der Waals surface area contributed by atoms with Gasteiger partial charge in [0.2, 0.25) is 5.91 Å². The van der Waals surface area contributed by atoms with Gasteiger partial charge in [0.15, 0.2) is 0 Å². The van der Waals surface area contributed by atoms with Gasteiger partial charge >= 0.3 is 0 Å². The van der Waals surface area contributed by atoms with E-state index in [9.17, 15) is 14.0 Å². The van der Waals surface area contributed by atoms with Crippen molar-refractivity contribution in [1.29, 1.82) is 0 Å². The van der Waals surface area contributed by atoms with Crippen LogP contribution in [-0.4, -0.2) is 79.4 Å². The number of ether oxygens (including phenoxy) is 1. The van der Waals surface area contributed by atoms with Gasteiger partial charge in [0, 0.05) is 45.3 Å². The molecule has 166 valence electrons. The molecule has 1 aliphatic heterocycles. The Hall–Kier alpha value is -2.93. The third kappa shape index (κ3) is 7.07. The van der Waals surface area contributed by atoms with Gasteiger partial charge in [-0.05, 0) is 43.2 Å². The third-order valence-electron chi connectivity index (χ3n) is 5.38. The second-order valence-corrected chi connectivity index (χ2v) is 7.76. The van der Waals surface area contributed by atoms with Crippen LogP contribution in [0.4, 0.5) is 4.39 Å². The predicted molar refractivity (Wildman–Crippen MR) is 118 cm³/mol. The van der Waals surface area contributed by atoms with E-state index in [0.29, 0.717) is 44.9 Å². The quantitative estimate of drug-likeness (QED) is 0.608. The van der Waals surface area contributed by atoms with E-state index >= 15 is 0 Å². The molecule has 1 fully saturated rings. The summed E-state index contributed by atoms with van der Waals surface area (Å²) < 4.78 is 19.1. The van der Waals surface area contributed by atoms with Crippen molar-refractivity contribution in [1.82, 2.24) is 14.7 Å². The summed E-state index contributed by atoms with van der Waals surface area (Å²) in [6.07, 6.45) is 1.54. The molecule has 2 amide bonds. The second-order valence-electron chi connectivity index (χ2n) is 7.76. The van der Waals surface area contributed by atoms with Crippen LogP contribution in [0.3, 0.4) is 0 Å². The minimum absolute atomic E-state index is 0.0598. The van der Waals surface area contributed by atoms with Crippen molar-refractivity contribution in [2.45, 2.75) is 12.8 Å². The summed E-state index contributed by atoms with van der Waals surface area (Å²) in [6.45, 7) is 4.02. The molecule has 1 heterocycles. The van der Waals surface area contributed by atoms with Gasteiger partial charge in [0.05, 0.1) is 13.2 Å². The number of hydrogen-bond acceptors (Lipinski definition) is 4. The normalized spacial score (nSPS) is 14.7. The number of halogens is 1. The lowest BCUT2D eigenvalue weighted by atomic mass is 10.2.